The lowest BCUT2D eigenvalue weighted by atomic mass is 9.64. The summed E-state index contributed by atoms with van der Waals surface area (Å²) >= 11 is 0. The first-order valence-electron chi connectivity index (χ1n) is 6.44. The summed E-state index contributed by atoms with van der Waals surface area (Å²) in [6.07, 6.45) is 3.46. The first kappa shape index (κ1) is 13.1. The van der Waals surface area contributed by atoms with E-state index in [1.54, 1.807) is 0 Å². The number of nitrogens with two attached hydrogens (primary N) is 1. The molecular formula is C15H21NO2. The number of aryl methyl sites for hydroxylation is 1. The van der Waals surface area contributed by atoms with Gasteiger partial charge in [0.25, 0.3) is 0 Å². The van der Waals surface area contributed by atoms with Crippen LogP contribution in [-0.4, -0.2) is 19.6 Å². The number of esters is 1. The molecule has 1 aliphatic rings. The molecule has 18 heavy (non-hydrogen) atoms. The second kappa shape index (κ2) is 4.73. The van der Waals surface area contributed by atoms with Crippen molar-refractivity contribution in [1.29, 1.82) is 0 Å². The normalized spacial score (nSPS) is 17.1. The fraction of sp³-hybridized carbons (Fsp3) is 0.533. The van der Waals surface area contributed by atoms with Crippen LogP contribution in [0.2, 0.25) is 0 Å². The highest BCUT2D eigenvalue weighted by molar-refractivity contribution is 5.91. The summed E-state index contributed by atoms with van der Waals surface area (Å²) in [5.74, 6) is -0.260. The van der Waals surface area contributed by atoms with Crippen LogP contribution in [0, 0.1) is 13.8 Å². The number of carbonyl (C=O) groups excluding carboxylic acids is 1. The standard InChI is InChI=1S/C15H21NO2/c1-10-7-12(15(9-16)5-4-6-15)8-13(11(10)2)14(17)18-3/h7-8H,4-6,9,16H2,1-3H3. The summed E-state index contributed by atoms with van der Waals surface area (Å²) in [6, 6.07) is 4.15. The third-order valence-corrected chi connectivity index (χ3v) is 4.39. The van der Waals surface area contributed by atoms with Gasteiger partial charge < -0.3 is 10.5 Å². The van der Waals surface area contributed by atoms with E-state index >= 15 is 0 Å². The predicted octanol–water partition coefficient (Wildman–Crippen LogP) is 2.47. The Morgan fingerprint density at radius 2 is 2.06 bits per heavy atom. The Hall–Kier alpha value is -1.35. The number of rotatable bonds is 3. The van der Waals surface area contributed by atoms with Crippen molar-refractivity contribution in [3.05, 3.63) is 34.4 Å². The molecule has 0 saturated heterocycles. The zero-order valence-electron chi connectivity index (χ0n) is 11.4. The molecule has 0 aromatic heterocycles. The molecule has 1 aromatic rings. The van der Waals surface area contributed by atoms with E-state index in [0.29, 0.717) is 12.1 Å². The Morgan fingerprint density at radius 3 is 2.50 bits per heavy atom. The van der Waals surface area contributed by atoms with Gasteiger partial charge in [-0.05, 0) is 49.4 Å². The predicted molar refractivity (Wildman–Crippen MR) is 71.8 cm³/mol. The highest BCUT2D eigenvalue weighted by atomic mass is 16.5. The topological polar surface area (TPSA) is 52.3 Å². The lowest BCUT2D eigenvalue weighted by Crippen LogP contribution is -2.41. The van der Waals surface area contributed by atoms with Crippen molar-refractivity contribution in [1.82, 2.24) is 0 Å². The molecule has 1 fully saturated rings. The van der Waals surface area contributed by atoms with Crippen LogP contribution in [0.3, 0.4) is 0 Å². The molecule has 1 aromatic carbocycles. The fourth-order valence-corrected chi connectivity index (χ4v) is 2.70. The average molecular weight is 247 g/mol. The van der Waals surface area contributed by atoms with Gasteiger partial charge in [-0.15, -0.1) is 0 Å². The van der Waals surface area contributed by atoms with E-state index in [1.807, 2.05) is 19.9 Å². The number of methoxy groups -OCH3 is 1. The van der Waals surface area contributed by atoms with Gasteiger partial charge in [0.2, 0.25) is 0 Å². The SMILES string of the molecule is COC(=O)c1cc(C2(CN)CCC2)cc(C)c1C. The van der Waals surface area contributed by atoms with E-state index < -0.39 is 0 Å². The molecule has 0 radical (unpaired) electrons. The highest BCUT2D eigenvalue weighted by Crippen LogP contribution is 2.43. The number of ether oxygens (including phenoxy) is 1. The Morgan fingerprint density at radius 1 is 1.39 bits per heavy atom. The van der Waals surface area contributed by atoms with Crippen molar-refractivity contribution in [3.63, 3.8) is 0 Å². The van der Waals surface area contributed by atoms with Crippen LogP contribution in [0.4, 0.5) is 0 Å². The van der Waals surface area contributed by atoms with Crippen molar-refractivity contribution in [2.24, 2.45) is 5.73 Å². The molecule has 98 valence electrons. The van der Waals surface area contributed by atoms with E-state index in [-0.39, 0.29) is 11.4 Å². The van der Waals surface area contributed by atoms with Gasteiger partial charge in [0.15, 0.2) is 0 Å². The van der Waals surface area contributed by atoms with E-state index in [4.69, 9.17) is 10.5 Å². The summed E-state index contributed by atoms with van der Waals surface area (Å²) in [7, 11) is 1.42. The van der Waals surface area contributed by atoms with Crippen LogP contribution in [0.25, 0.3) is 0 Å². The summed E-state index contributed by atoms with van der Waals surface area (Å²) in [6.45, 7) is 4.64. The Labute approximate surface area is 108 Å². The van der Waals surface area contributed by atoms with Crippen molar-refractivity contribution >= 4 is 5.97 Å². The van der Waals surface area contributed by atoms with E-state index in [2.05, 4.69) is 6.07 Å². The van der Waals surface area contributed by atoms with Gasteiger partial charge >= 0.3 is 5.97 Å². The van der Waals surface area contributed by atoms with Crippen LogP contribution in [-0.2, 0) is 10.2 Å². The lowest BCUT2D eigenvalue weighted by molar-refractivity contribution is 0.0599. The maximum absolute atomic E-state index is 11.8. The molecule has 0 amide bonds. The molecule has 3 heteroatoms. The molecule has 3 nitrogen and oxygen atoms in total. The molecule has 0 heterocycles. The fourth-order valence-electron chi connectivity index (χ4n) is 2.70. The van der Waals surface area contributed by atoms with Gasteiger partial charge in [-0.25, -0.2) is 4.79 Å². The van der Waals surface area contributed by atoms with Crippen LogP contribution in [0.15, 0.2) is 12.1 Å². The quantitative estimate of drug-likeness (QED) is 0.835. The molecule has 1 aliphatic carbocycles. The molecule has 2 N–H and O–H groups in total. The van der Waals surface area contributed by atoms with Crippen molar-refractivity contribution in [2.75, 3.05) is 13.7 Å². The zero-order valence-corrected chi connectivity index (χ0v) is 11.4. The van der Waals surface area contributed by atoms with E-state index in [1.165, 1.54) is 19.1 Å². The van der Waals surface area contributed by atoms with Crippen LogP contribution in [0.1, 0.15) is 46.3 Å². The summed E-state index contributed by atoms with van der Waals surface area (Å²) in [5.41, 5.74) is 10.0. The number of hydrogen-bond acceptors (Lipinski definition) is 3. The Kier molecular flexibility index (Phi) is 3.44. The second-order valence-electron chi connectivity index (χ2n) is 5.30. The van der Waals surface area contributed by atoms with E-state index in [0.717, 1.165) is 24.0 Å². The van der Waals surface area contributed by atoms with Gasteiger partial charge in [0.05, 0.1) is 12.7 Å². The third-order valence-electron chi connectivity index (χ3n) is 4.39. The first-order chi connectivity index (χ1) is 8.54. The largest absolute Gasteiger partial charge is 0.465 e. The van der Waals surface area contributed by atoms with Crippen LogP contribution < -0.4 is 5.73 Å². The minimum absolute atomic E-state index is 0.0846. The molecule has 0 bridgehead atoms. The van der Waals surface area contributed by atoms with Crippen molar-refractivity contribution in [2.45, 2.75) is 38.5 Å². The summed E-state index contributed by atoms with van der Waals surface area (Å²) in [5, 5.41) is 0. The molecule has 0 atom stereocenters. The molecular weight excluding hydrogens is 226 g/mol. The maximum atomic E-state index is 11.8. The summed E-state index contributed by atoms with van der Waals surface area (Å²) in [4.78, 5) is 11.8. The number of hydrogen-bond donors (Lipinski definition) is 1. The Bertz CT molecular complexity index is 470. The van der Waals surface area contributed by atoms with Gasteiger partial charge in [-0.2, -0.15) is 0 Å². The van der Waals surface area contributed by atoms with Gasteiger partial charge in [0, 0.05) is 12.0 Å². The minimum Gasteiger partial charge on any atom is -0.465 e. The van der Waals surface area contributed by atoms with Crippen LogP contribution >= 0.6 is 0 Å². The molecule has 0 aliphatic heterocycles. The van der Waals surface area contributed by atoms with Crippen molar-refractivity contribution in [3.8, 4) is 0 Å². The average Bonchev–Trinajstić information content (AvgIpc) is 2.31. The van der Waals surface area contributed by atoms with E-state index in [9.17, 15) is 4.79 Å². The lowest BCUT2D eigenvalue weighted by Gasteiger charge is -2.42. The minimum atomic E-state index is -0.260. The van der Waals surface area contributed by atoms with Gasteiger partial charge in [0.1, 0.15) is 0 Å². The zero-order chi connectivity index (χ0) is 13.3. The monoisotopic (exact) mass is 247 g/mol. The van der Waals surface area contributed by atoms with Gasteiger partial charge in [-0.1, -0.05) is 12.5 Å². The summed E-state index contributed by atoms with van der Waals surface area (Å²) < 4.78 is 4.85. The smallest absolute Gasteiger partial charge is 0.338 e. The number of benzene rings is 1. The third kappa shape index (κ3) is 1.93. The second-order valence-corrected chi connectivity index (χ2v) is 5.30. The first-order valence-corrected chi connectivity index (χ1v) is 6.44. The molecule has 0 unspecified atom stereocenters. The highest BCUT2D eigenvalue weighted by Gasteiger charge is 2.38. The molecule has 1 saturated carbocycles. The molecule has 2 rings (SSSR count). The maximum Gasteiger partial charge on any atom is 0.338 e. The van der Waals surface area contributed by atoms with Crippen molar-refractivity contribution < 1.29 is 9.53 Å². The molecule has 0 spiro atoms. The van der Waals surface area contributed by atoms with Crippen LogP contribution in [0.5, 0.6) is 0 Å². The number of carbonyl (C=O) groups is 1. The van der Waals surface area contributed by atoms with Gasteiger partial charge in [-0.3, -0.25) is 0 Å². The Balaban J connectivity index is 2.50.